The van der Waals surface area contributed by atoms with Crippen molar-refractivity contribution in [1.82, 2.24) is 0 Å². The highest BCUT2D eigenvalue weighted by Gasteiger charge is 2.52. The second kappa shape index (κ2) is 13.8. The van der Waals surface area contributed by atoms with E-state index in [1.807, 2.05) is 0 Å². The fourth-order valence-electron chi connectivity index (χ4n) is 11.7. The molecule has 302 valence electrons. The van der Waals surface area contributed by atoms with E-state index < -0.39 is 5.41 Å². The van der Waals surface area contributed by atoms with Crippen LogP contribution in [0.15, 0.2) is 231 Å². The van der Waals surface area contributed by atoms with Gasteiger partial charge in [0.2, 0.25) is 0 Å². The van der Waals surface area contributed by atoms with Crippen molar-refractivity contribution < 1.29 is 0 Å². The molecule has 64 heavy (non-hydrogen) atoms. The van der Waals surface area contributed by atoms with E-state index in [2.05, 4.69) is 254 Å². The Bertz CT molecular complexity index is 3440. The fourth-order valence-corrected chi connectivity index (χ4v) is 11.7. The van der Waals surface area contributed by atoms with Gasteiger partial charge in [-0.1, -0.05) is 184 Å². The molecule has 13 rings (SSSR count). The molecule has 0 saturated heterocycles. The van der Waals surface area contributed by atoms with Gasteiger partial charge >= 0.3 is 0 Å². The highest BCUT2D eigenvalue weighted by Crippen LogP contribution is 2.65. The minimum Gasteiger partial charge on any atom is -0.310 e. The molecule has 2 heteroatoms. The maximum atomic E-state index is 2.51. The summed E-state index contributed by atoms with van der Waals surface area (Å²) in [6.45, 7) is 4.80. The van der Waals surface area contributed by atoms with Crippen LogP contribution in [0.25, 0.3) is 44.2 Å². The Morgan fingerprint density at radius 1 is 0.375 bits per heavy atom. The largest absolute Gasteiger partial charge is 0.310 e. The quantitative estimate of drug-likeness (QED) is 0.171. The molecule has 1 spiro atoms. The average Bonchev–Trinajstić information content (AvgIpc) is 3.77. The summed E-state index contributed by atoms with van der Waals surface area (Å²) in [5.41, 5.74) is 21.8. The molecule has 2 nitrogen and oxygen atoms in total. The van der Waals surface area contributed by atoms with Gasteiger partial charge in [-0.15, -0.1) is 0 Å². The van der Waals surface area contributed by atoms with Gasteiger partial charge in [0.05, 0.1) is 22.5 Å². The zero-order valence-electron chi connectivity index (χ0n) is 35.8. The minimum atomic E-state index is -0.549. The number of rotatable bonds is 5. The highest BCUT2D eigenvalue weighted by atomic mass is 15.2. The van der Waals surface area contributed by atoms with Crippen molar-refractivity contribution in [2.75, 3.05) is 9.80 Å². The lowest BCUT2D eigenvalue weighted by molar-refractivity contribution is 0.660. The average molecular weight is 817 g/mol. The van der Waals surface area contributed by atoms with Crippen molar-refractivity contribution in [2.24, 2.45) is 0 Å². The van der Waals surface area contributed by atoms with Crippen molar-refractivity contribution in [3.8, 4) is 33.4 Å². The maximum Gasteiger partial charge on any atom is 0.0755 e. The second-order valence-electron chi connectivity index (χ2n) is 18.0. The standard InChI is InChI=1S/C62H44N2/c1-61(2)55-39-42(47-27-17-20-41-19-9-10-25-46(41)47)35-37-48(55)49-38-36-45(40-56(49)61)63(43-21-5-3-6-22-43)59-34-18-31-54-60(59)50-26-11-12-28-51(50)62(54)52-29-13-15-32-57(52)64(44-23-7-4-8-24-44)58-33-16-14-30-53(58)62/h3-40H,1-2H3. The van der Waals surface area contributed by atoms with Gasteiger partial charge in [-0.3, -0.25) is 0 Å². The molecule has 1 aliphatic heterocycles. The lowest BCUT2D eigenvalue weighted by atomic mass is 9.64. The molecule has 0 fully saturated rings. The van der Waals surface area contributed by atoms with E-state index in [0.717, 1.165) is 17.1 Å². The van der Waals surface area contributed by atoms with Crippen molar-refractivity contribution in [3.63, 3.8) is 0 Å². The molecule has 10 aromatic carbocycles. The molecule has 0 unspecified atom stereocenters. The summed E-state index contributed by atoms with van der Waals surface area (Å²) >= 11 is 0. The monoisotopic (exact) mass is 816 g/mol. The molecule has 0 radical (unpaired) electrons. The Morgan fingerprint density at radius 3 is 1.70 bits per heavy atom. The lowest BCUT2D eigenvalue weighted by Crippen LogP contribution is -2.36. The van der Waals surface area contributed by atoms with Crippen LogP contribution in [0.2, 0.25) is 0 Å². The van der Waals surface area contributed by atoms with E-state index in [4.69, 9.17) is 0 Å². The third kappa shape index (κ3) is 5.02. The van der Waals surface area contributed by atoms with Gasteiger partial charge in [0.25, 0.3) is 0 Å². The van der Waals surface area contributed by atoms with Crippen LogP contribution in [0.1, 0.15) is 47.2 Å². The molecule has 0 saturated carbocycles. The highest BCUT2D eigenvalue weighted by molar-refractivity contribution is 6.02. The van der Waals surface area contributed by atoms with E-state index in [1.165, 1.54) is 94.6 Å². The number of hydrogen-bond donors (Lipinski definition) is 0. The zero-order chi connectivity index (χ0) is 42.6. The van der Waals surface area contributed by atoms with Crippen LogP contribution in [0.4, 0.5) is 34.1 Å². The number of para-hydroxylation sites is 4. The second-order valence-corrected chi connectivity index (χ2v) is 18.0. The number of hydrogen-bond acceptors (Lipinski definition) is 2. The Morgan fingerprint density at radius 2 is 0.938 bits per heavy atom. The Kier molecular flexibility index (Phi) is 7.90. The Labute approximate surface area is 375 Å². The molecular weight excluding hydrogens is 773 g/mol. The van der Waals surface area contributed by atoms with Crippen molar-refractivity contribution in [2.45, 2.75) is 24.7 Å². The molecule has 0 atom stereocenters. The van der Waals surface area contributed by atoms with Gasteiger partial charge in [0, 0.05) is 28.0 Å². The van der Waals surface area contributed by atoms with Crippen molar-refractivity contribution in [1.29, 1.82) is 0 Å². The maximum absolute atomic E-state index is 2.51. The zero-order valence-corrected chi connectivity index (χ0v) is 35.8. The van der Waals surface area contributed by atoms with E-state index in [0.29, 0.717) is 0 Å². The van der Waals surface area contributed by atoms with Gasteiger partial charge in [-0.25, -0.2) is 0 Å². The SMILES string of the molecule is CC1(C)c2cc(-c3cccc4ccccc34)ccc2-c2ccc(N(c3ccccc3)c3cccc4c3-c3ccccc3C43c4ccccc4N(c4ccccc4)c4ccccc43)cc21. The van der Waals surface area contributed by atoms with Crippen LogP contribution in [0, 0.1) is 0 Å². The Hall–Kier alpha value is -7.94. The van der Waals surface area contributed by atoms with Crippen LogP contribution < -0.4 is 9.80 Å². The normalized spacial score (nSPS) is 14.3. The summed E-state index contributed by atoms with van der Waals surface area (Å²) in [7, 11) is 0. The molecule has 0 N–H and O–H groups in total. The first kappa shape index (κ1) is 36.7. The molecule has 0 bridgehead atoms. The number of benzene rings is 10. The summed E-state index contributed by atoms with van der Waals surface area (Å²) in [4.78, 5) is 4.96. The van der Waals surface area contributed by atoms with Crippen molar-refractivity contribution >= 4 is 44.9 Å². The third-order valence-corrected chi connectivity index (χ3v) is 14.4. The first-order chi connectivity index (χ1) is 31.5. The first-order valence-electron chi connectivity index (χ1n) is 22.4. The molecule has 2 aliphatic carbocycles. The van der Waals surface area contributed by atoms with Crippen molar-refractivity contribution in [3.05, 3.63) is 264 Å². The van der Waals surface area contributed by atoms with Crippen LogP contribution in [0.3, 0.4) is 0 Å². The summed E-state index contributed by atoms with van der Waals surface area (Å²) in [5, 5.41) is 2.55. The van der Waals surface area contributed by atoms with Gasteiger partial charge in [0.15, 0.2) is 0 Å². The first-order valence-corrected chi connectivity index (χ1v) is 22.4. The van der Waals surface area contributed by atoms with Gasteiger partial charge in [-0.2, -0.15) is 0 Å². The van der Waals surface area contributed by atoms with E-state index in [-0.39, 0.29) is 5.41 Å². The number of anilines is 6. The smallest absolute Gasteiger partial charge is 0.0755 e. The third-order valence-electron chi connectivity index (χ3n) is 14.4. The van der Waals surface area contributed by atoms with E-state index in [1.54, 1.807) is 0 Å². The minimum absolute atomic E-state index is 0.223. The predicted molar refractivity (Wildman–Crippen MR) is 267 cm³/mol. The summed E-state index contributed by atoms with van der Waals surface area (Å²) < 4.78 is 0. The molecule has 3 aliphatic rings. The van der Waals surface area contributed by atoms with Crippen LogP contribution in [0.5, 0.6) is 0 Å². The van der Waals surface area contributed by atoms with Gasteiger partial charge in [-0.05, 0) is 133 Å². The van der Waals surface area contributed by atoms with Crippen LogP contribution in [-0.2, 0) is 10.8 Å². The van der Waals surface area contributed by atoms with Crippen LogP contribution >= 0.6 is 0 Å². The molecule has 10 aromatic rings. The van der Waals surface area contributed by atoms with Gasteiger partial charge < -0.3 is 9.80 Å². The molecule has 0 aromatic heterocycles. The number of nitrogens with zero attached hydrogens (tertiary/aromatic N) is 2. The van der Waals surface area contributed by atoms with E-state index in [9.17, 15) is 0 Å². The summed E-state index contributed by atoms with van der Waals surface area (Å²) in [6.07, 6.45) is 0. The molecule has 1 heterocycles. The fraction of sp³-hybridized carbons (Fsp3) is 0.0645. The predicted octanol–water partition coefficient (Wildman–Crippen LogP) is 16.4. The number of fused-ring (bicyclic) bond motifs is 13. The van der Waals surface area contributed by atoms with Crippen LogP contribution in [-0.4, -0.2) is 0 Å². The topological polar surface area (TPSA) is 6.48 Å². The summed E-state index contributed by atoms with van der Waals surface area (Å²) in [5.74, 6) is 0. The van der Waals surface area contributed by atoms with Gasteiger partial charge in [0.1, 0.15) is 0 Å². The molecule has 0 amide bonds. The molecular formula is C62H44N2. The summed E-state index contributed by atoms with van der Waals surface area (Å²) in [6, 6.07) is 85.7. The van der Waals surface area contributed by atoms with E-state index >= 15 is 0 Å². The lowest BCUT2D eigenvalue weighted by Gasteiger charge is -2.45. The Balaban J connectivity index is 1.01.